The predicted octanol–water partition coefficient (Wildman–Crippen LogP) is -2.16. The first-order valence-corrected chi connectivity index (χ1v) is 4.43. The van der Waals surface area contributed by atoms with Gasteiger partial charge in [0.2, 0.25) is 5.91 Å². The number of carbonyl (C=O) groups is 1. The van der Waals surface area contributed by atoms with E-state index in [4.69, 9.17) is 20.4 Å². The highest BCUT2D eigenvalue weighted by molar-refractivity contribution is 5.77. The summed E-state index contributed by atoms with van der Waals surface area (Å²) in [6, 6.07) is 0. The van der Waals surface area contributed by atoms with Gasteiger partial charge in [-0.15, -0.1) is 0 Å². The quantitative estimate of drug-likeness (QED) is 0.356. The van der Waals surface area contributed by atoms with Gasteiger partial charge in [0.05, 0.1) is 26.4 Å². The summed E-state index contributed by atoms with van der Waals surface area (Å²) in [5, 5.41) is 33.2. The second-order valence-electron chi connectivity index (χ2n) is 2.35. The lowest BCUT2D eigenvalue weighted by Crippen LogP contribution is -2.12. The Kier molecular flexibility index (Phi) is 16.7. The van der Waals surface area contributed by atoms with Gasteiger partial charge < -0.3 is 25.7 Å². The molecule has 1 heterocycles. The summed E-state index contributed by atoms with van der Waals surface area (Å²) in [5.41, 5.74) is 0. The van der Waals surface area contributed by atoms with Crippen LogP contribution in [-0.2, 0) is 4.79 Å². The summed E-state index contributed by atoms with van der Waals surface area (Å²) in [6.45, 7) is 0.388. The van der Waals surface area contributed by atoms with Gasteiger partial charge in [0, 0.05) is 13.0 Å². The number of nitrogens with one attached hydrogen (secondary N) is 1. The lowest BCUT2D eigenvalue weighted by Gasteiger charge is -1.80. The summed E-state index contributed by atoms with van der Waals surface area (Å²) >= 11 is 0. The van der Waals surface area contributed by atoms with E-state index in [1.165, 1.54) is 0 Å². The van der Waals surface area contributed by atoms with Crippen LogP contribution in [0.25, 0.3) is 0 Å². The number of hydrogen-bond donors (Lipinski definition) is 5. The average Bonchev–Trinajstić information content (AvgIpc) is 2.70. The minimum Gasteiger partial charge on any atom is -0.394 e. The Bertz CT molecular complexity index is 104. The highest BCUT2D eigenvalue weighted by Gasteiger charge is 2.05. The predicted molar refractivity (Wildman–Crippen MR) is 50.6 cm³/mol. The molecule has 5 N–H and O–H groups in total. The number of rotatable bonds is 2. The van der Waals surface area contributed by atoms with Crippen molar-refractivity contribution in [2.45, 2.75) is 12.8 Å². The molecule has 6 heteroatoms. The fourth-order valence-electron chi connectivity index (χ4n) is 0.565. The van der Waals surface area contributed by atoms with Crippen molar-refractivity contribution < 1.29 is 25.2 Å². The first kappa shape index (κ1) is 15.8. The van der Waals surface area contributed by atoms with Crippen molar-refractivity contribution in [3.63, 3.8) is 0 Å². The molecule has 1 aliphatic heterocycles. The molecule has 1 rings (SSSR count). The van der Waals surface area contributed by atoms with Gasteiger partial charge in [-0.05, 0) is 6.42 Å². The molecule has 0 bridgehead atoms. The number of amides is 1. The van der Waals surface area contributed by atoms with E-state index in [-0.39, 0.29) is 32.3 Å². The molecule has 0 aromatic rings. The van der Waals surface area contributed by atoms with E-state index in [9.17, 15) is 4.79 Å². The second-order valence-corrected chi connectivity index (χ2v) is 2.35. The van der Waals surface area contributed by atoms with Gasteiger partial charge in [-0.1, -0.05) is 0 Å². The van der Waals surface area contributed by atoms with Crippen LogP contribution in [0.4, 0.5) is 0 Å². The Labute approximate surface area is 83.2 Å². The summed E-state index contributed by atoms with van der Waals surface area (Å²) in [4.78, 5) is 10.1. The maximum Gasteiger partial charge on any atom is 0.220 e. The lowest BCUT2D eigenvalue weighted by molar-refractivity contribution is -0.119. The largest absolute Gasteiger partial charge is 0.394 e. The van der Waals surface area contributed by atoms with Crippen molar-refractivity contribution >= 4 is 5.91 Å². The Morgan fingerprint density at radius 3 is 1.50 bits per heavy atom. The Hall–Kier alpha value is -0.690. The van der Waals surface area contributed by atoms with Crippen LogP contribution in [0.1, 0.15) is 12.8 Å². The van der Waals surface area contributed by atoms with Crippen LogP contribution in [0.5, 0.6) is 0 Å². The van der Waals surface area contributed by atoms with Crippen LogP contribution in [-0.4, -0.2) is 59.3 Å². The average molecular weight is 209 g/mol. The maximum absolute atomic E-state index is 10.1. The van der Waals surface area contributed by atoms with Crippen LogP contribution >= 0.6 is 0 Å². The van der Waals surface area contributed by atoms with Gasteiger partial charge in [0.25, 0.3) is 0 Å². The molecule has 0 aliphatic carbocycles. The zero-order valence-corrected chi connectivity index (χ0v) is 8.15. The van der Waals surface area contributed by atoms with Crippen molar-refractivity contribution in [1.29, 1.82) is 0 Å². The third-order valence-corrected chi connectivity index (χ3v) is 1.10. The number of aliphatic hydroxyl groups is 4. The molecule has 1 saturated heterocycles. The minimum atomic E-state index is -0.125. The molecular formula is C8H19NO5. The Morgan fingerprint density at radius 2 is 1.43 bits per heavy atom. The molecular weight excluding hydrogens is 190 g/mol. The first-order valence-electron chi connectivity index (χ1n) is 4.43. The molecule has 0 spiro atoms. The van der Waals surface area contributed by atoms with E-state index in [1.807, 2.05) is 0 Å². The number of hydrogen-bond acceptors (Lipinski definition) is 5. The Morgan fingerprint density at radius 1 is 1.00 bits per heavy atom. The highest BCUT2D eigenvalue weighted by atomic mass is 16.3. The fraction of sp³-hybridized carbons (Fsp3) is 0.875. The van der Waals surface area contributed by atoms with Gasteiger partial charge in [-0.25, -0.2) is 0 Å². The SMILES string of the molecule is O=C1CCCN1.OCCO.OCCO. The molecule has 0 aromatic carbocycles. The van der Waals surface area contributed by atoms with Crippen LogP contribution in [0, 0.1) is 0 Å². The van der Waals surface area contributed by atoms with Crippen molar-refractivity contribution in [3.8, 4) is 0 Å². The van der Waals surface area contributed by atoms with Crippen molar-refractivity contribution in [2.75, 3.05) is 33.0 Å². The van der Waals surface area contributed by atoms with E-state index < -0.39 is 0 Å². The molecule has 0 aromatic heterocycles. The molecule has 0 unspecified atom stereocenters. The van der Waals surface area contributed by atoms with Crippen molar-refractivity contribution in [3.05, 3.63) is 0 Å². The van der Waals surface area contributed by atoms with E-state index in [2.05, 4.69) is 5.32 Å². The fourth-order valence-corrected chi connectivity index (χ4v) is 0.565. The maximum atomic E-state index is 10.1. The summed E-state index contributed by atoms with van der Waals surface area (Å²) in [5.74, 6) is 0.204. The van der Waals surface area contributed by atoms with E-state index in [1.54, 1.807) is 0 Å². The molecule has 1 fully saturated rings. The van der Waals surface area contributed by atoms with Crippen LogP contribution in [0.15, 0.2) is 0 Å². The molecule has 86 valence electrons. The van der Waals surface area contributed by atoms with Gasteiger partial charge >= 0.3 is 0 Å². The molecule has 0 radical (unpaired) electrons. The first-order chi connectivity index (χ1) is 6.72. The van der Waals surface area contributed by atoms with Gasteiger partial charge in [0.15, 0.2) is 0 Å². The lowest BCUT2D eigenvalue weighted by atomic mass is 10.4. The highest BCUT2D eigenvalue weighted by Crippen LogP contribution is 1.93. The summed E-state index contributed by atoms with van der Waals surface area (Å²) in [7, 11) is 0. The third-order valence-electron chi connectivity index (χ3n) is 1.10. The van der Waals surface area contributed by atoms with E-state index in [0.29, 0.717) is 0 Å². The van der Waals surface area contributed by atoms with Gasteiger partial charge in [-0.3, -0.25) is 4.79 Å². The number of carbonyl (C=O) groups excluding carboxylic acids is 1. The monoisotopic (exact) mass is 209 g/mol. The smallest absolute Gasteiger partial charge is 0.220 e. The van der Waals surface area contributed by atoms with Crippen molar-refractivity contribution in [2.24, 2.45) is 0 Å². The minimum absolute atomic E-state index is 0.125. The van der Waals surface area contributed by atoms with E-state index >= 15 is 0 Å². The van der Waals surface area contributed by atoms with Crippen LogP contribution in [0.3, 0.4) is 0 Å². The van der Waals surface area contributed by atoms with Crippen LogP contribution in [0.2, 0.25) is 0 Å². The normalized spacial score (nSPS) is 13.3. The Balaban J connectivity index is 0. The summed E-state index contributed by atoms with van der Waals surface area (Å²) in [6.07, 6.45) is 1.76. The molecule has 0 atom stereocenters. The molecule has 1 aliphatic rings. The van der Waals surface area contributed by atoms with Gasteiger partial charge in [0.1, 0.15) is 0 Å². The standard InChI is InChI=1S/C4H7NO.2C2H6O2/c6-4-2-1-3-5-4;2*3-1-2-4/h1-3H2,(H,5,6);2*3-4H,1-2H2. The summed E-state index contributed by atoms with van der Waals surface area (Å²) < 4.78 is 0. The van der Waals surface area contributed by atoms with Gasteiger partial charge in [-0.2, -0.15) is 0 Å². The second kappa shape index (κ2) is 14.8. The third kappa shape index (κ3) is 17.4. The molecule has 1 amide bonds. The van der Waals surface area contributed by atoms with Crippen LogP contribution < -0.4 is 5.32 Å². The zero-order valence-electron chi connectivity index (χ0n) is 8.15. The van der Waals surface area contributed by atoms with Crippen molar-refractivity contribution in [1.82, 2.24) is 5.32 Å². The zero-order chi connectivity index (χ0) is 11.2. The number of aliphatic hydroxyl groups excluding tert-OH is 4. The molecule has 14 heavy (non-hydrogen) atoms. The molecule has 6 nitrogen and oxygen atoms in total. The topological polar surface area (TPSA) is 110 Å². The van der Waals surface area contributed by atoms with E-state index in [0.717, 1.165) is 19.4 Å². The molecule has 0 saturated carbocycles.